The summed E-state index contributed by atoms with van der Waals surface area (Å²) < 4.78 is 5.99. The standard InChI is InChI=1S/C26H44OS/c1-3-5-7-8-9-10-11-12-13-14-18-22-27-26(28)25(21-6-4-2)23-24-19-16-15-17-20-24/h15-17,19-20,25H,3-14,18,21-23H2,1-2H3. The fourth-order valence-electron chi connectivity index (χ4n) is 3.71. The summed E-state index contributed by atoms with van der Waals surface area (Å²) in [5.41, 5.74) is 1.37. The number of unbranched alkanes of at least 4 members (excludes halogenated alkanes) is 11. The fraction of sp³-hybridized carbons (Fsp3) is 0.731. The van der Waals surface area contributed by atoms with Crippen molar-refractivity contribution < 1.29 is 4.74 Å². The van der Waals surface area contributed by atoms with E-state index in [9.17, 15) is 0 Å². The second kappa shape index (κ2) is 18.2. The van der Waals surface area contributed by atoms with Crippen LogP contribution in [0.2, 0.25) is 0 Å². The van der Waals surface area contributed by atoms with E-state index in [0.29, 0.717) is 5.92 Å². The number of thiocarbonyl (C=S) groups is 1. The van der Waals surface area contributed by atoms with Crippen LogP contribution in [0.3, 0.4) is 0 Å². The minimum Gasteiger partial charge on any atom is -0.487 e. The third kappa shape index (κ3) is 13.3. The molecular weight excluding hydrogens is 360 g/mol. The third-order valence-corrected chi connectivity index (χ3v) is 6.01. The van der Waals surface area contributed by atoms with Crippen molar-refractivity contribution in [3.8, 4) is 0 Å². The van der Waals surface area contributed by atoms with Crippen LogP contribution in [0, 0.1) is 5.92 Å². The van der Waals surface area contributed by atoms with Crippen molar-refractivity contribution in [1.29, 1.82) is 0 Å². The number of benzene rings is 1. The van der Waals surface area contributed by atoms with Gasteiger partial charge in [0.2, 0.25) is 0 Å². The first kappa shape index (κ1) is 25.1. The molecule has 0 bridgehead atoms. The molecule has 0 aromatic heterocycles. The van der Waals surface area contributed by atoms with Crippen molar-refractivity contribution in [1.82, 2.24) is 0 Å². The van der Waals surface area contributed by atoms with Crippen LogP contribution in [-0.2, 0) is 11.2 Å². The number of hydrogen-bond donors (Lipinski definition) is 0. The summed E-state index contributed by atoms with van der Waals surface area (Å²) >= 11 is 5.64. The Morgan fingerprint density at radius 1 is 0.750 bits per heavy atom. The smallest absolute Gasteiger partial charge is 0.163 e. The van der Waals surface area contributed by atoms with E-state index in [1.165, 1.54) is 82.6 Å². The minimum absolute atomic E-state index is 0.380. The van der Waals surface area contributed by atoms with Crippen LogP contribution in [0.25, 0.3) is 0 Å². The summed E-state index contributed by atoms with van der Waals surface area (Å²) in [6.07, 6.45) is 19.6. The average molecular weight is 405 g/mol. The molecule has 1 rings (SSSR count). The highest BCUT2D eigenvalue weighted by Gasteiger charge is 2.16. The molecule has 0 N–H and O–H groups in total. The minimum atomic E-state index is 0.380. The van der Waals surface area contributed by atoms with Crippen molar-refractivity contribution in [2.45, 2.75) is 110 Å². The molecule has 0 saturated carbocycles. The predicted octanol–water partition coefficient (Wildman–Crippen LogP) is 8.69. The third-order valence-electron chi connectivity index (χ3n) is 5.56. The number of hydrogen-bond acceptors (Lipinski definition) is 2. The molecule has 0 spiro atoms. The summed E-state index contributed by atoms with van der Waals surface area (Å²) in [7, 11) is 0. The van der Waals surface area contributed by atoms with E-state index in [0.717, 1.165) is 30.9 Å². The summed E-state index contributed by atoms with van der Waals surface area (Å²) in [5, 5.41) is 0.837. The molecule has 0 fully saturated rings. The van der Waals surface area contributed by atoms with Gasteiger partial charge in [-0.1, -0.05) is 121 Å². The highest BCUT2D eigenvalue weighted by atomic mass is 32.1. The van der Waals surface area contributed by atoms with Crippen LogP contribution in [0.4, 0.5) is 0 Å². The lowest BCUT2D eigenvalue weighted by Crippen LogP contribution is -2.19. The van der Waals surface area contributed by atoms with E-state index in [1.807, 2.05) is 0 Å². The van der Waals surface area contributed by atoms with Crippen molar-refractivity contribution >= 4 is 17.3 Å². The highest BCUT2D eigenvalue weighted by molar-refractivity contribution is 7.80. The van der Waals surface area contributed by atoms with E-state index < -0.39 is 0 Å². The van der Waals surface area contributed by atoms with E-state index in [-0.39, 0.29) is 0 Å². The molecule has 0 aliphatic heterocycles. The lowest BCUT2D eigenvalue weighted by atomic mass is 9.95. The molecule has 0 amide bonds. The molecule has 28 heavy (non-hydrogen) atoms. The average Bonchev–Trinajstić information content (AvgIpc) is 2.72. The van der Waals surface area contributed by atoms with E-state index >= 15 is 0 Å². The zero-order chi connectivity index (χ0) is 20.3. The lowest BCUT2D eigenvalue weighted by Gasteiger charge is -2.18. The van der Waals surface area contributed by atoms with Gasteiger partial charge >= 0.3 is 0 Å². The first-order valence-electron chi connectivity index (χ1n) is 12.0. The van der Waals surface area contributed by atoms with Gasteiger partial charge in [-0.25, -0.2) is 0 Å². The summed E-state index contributed by atoms with van der Waals surface area (Å²) in [4.78, 5) is 0. The molecule has 1 aromatic rings. The predicted molar refractivity (Wildman–Crippen MR) is 128 cm³/mol. The van der Waals surface area contributed by atoms with Gasteiger partial charge in [-0.05, 0) is 37.0 Å². The van der Waals surface area contributed by atoms with Gasteiger partial charge in [-0.3, -0.25) is 0 Å². The van der Waals surface area contributed by atoms with Crippen LogP contribution >= 0.6 is 12.2 Å². The molecular formula is C26H44OS. The zero-order valence-electron chi connectivity index (χ0n) is 18.6. The van der Waals surface area contributed by atoms with Gasteiger partial charge < -0.3 is 4.74 Å². The van der Waals surface area contributed by atoms with Crippen molar-refractivity contribution in [3.63, 3.8) is 0 Å². The molecule has 2 heteroatoms. The quantitative estimate of drug-likeness (QED) is 0.179. The monoisotopic (exact) mass is 404 g/mol. The zero-order valence-corrected chi connectivity index (χ0v) is 19.4. The Hall–Kier alpha value is -0.890. The molecule has 0 radical (unpaired) electrons. The Bertz CT molecular complexity index is 471. The van der Waals surface area contributed by atoms with Crippen LogP contribution in [-0.4, -0.2) is 11.7 Å². The molecule has 1 atom stereocenters. The maximum atomic E-state index is 5.99. The van der Waals surface area contributed by atoms with Gasteiger partial charge in [0.25, 0.3) is 0 Å². The van der Waals surface area contributed by atoms with Gasteiger partial charge in [0.1, 0.15) is 0 Å². The van der Waals surface area contributed by atoms with Crippen molar-refractivity contribution in [2.24, 2.45) is 5.92 Å². The van der Waals surface area contributed by atoms with E-state index in [1.54, 1.807) is 0 Å². The highest BCUT2D eigenvalue weighted by Crippen LogP contribution is 2.19. The van der Waals surface area contributed by atoms with Crippen LogP contribution in [0.1, 0.15) is 109 Å². The first-order valence-corrected chi connectivity index (χ1v) is 12.4. The summed E-state index contributed by atoms with van der Waals surface area (Å²) in [6, 6.07) is 10.7. The molecule has 160 valence electrons. The molecule has 0 saturated heterocycles. The second-order valence-corrected chi connectivity index (χ2v) is 8.63. The van der Waals surface area contributed by atoms with Gasteiger partial charge in [0.15, 0.2) is 5.05 Å². The molecule has 0 heterocycles. The Morgan fingerprint density at radius 3 is 1.86 bits per heavy atom. The van der Waals surface area contributed by atoms with Gasteiger partial charge in [-0.2, -0.15) is 0 Å². The van der Waals surface area contributed by atoms with E-state index in [4.69, 9.17) is 17.0 Å². The molecule has 1 nitrogen and oxygen atoms in total. The van der Waals surface area contributed by atoms with Crippen molar-refractivity contribution in [3.05, 3.63) is 35.9 Å². The Balaban J connectivity index is 2.09. The van der Waals surface area contributed by atoms with Crippen LogP contribution in [0.5, 0.6) is 0 Å². The number of ether oxygens (including phenoxy) is 1. The van der Waals surface area contributed by atoms with E-state index in [2.05, 4.69) is 44.2 Å². The van der Waals surface area contributed by atoms with Gasteiger partial charge in [-0.15, -0.1) is 0 Å². The molecule has 1 unspecified atom stereocenters. The largest absolute Gasteiger partial charge is 0.487 e. The summed E-state index contributed by atoms with van der Waals surface area (Å²) in [5.74, 6) is 0.380. The van der Waals surface area contributed by atoms with Crippen LogP contribution in [0.15, 0.2) is 30.3 Å². The number of rotatable bonds is 18. The SMILES string of the molecule is CCCCCCCCCCCCCOC(=S)C(CCCC)Cc1ccccc1. The fourth-order valence-corrected chi connectivity index (χ4v) is 3.99. The first-order chi connectivity index (χ1) is 13.8. The molecule has 1 aromatic carbocycles. The lowest BCUT2D eigenvalue weighted by molar-refractivity contribution is 0.275. The Kier molecular flexibility index (Phi) is 16.3. The Labute approximate surface area is 180 Å². The Morgan fingerprint density at radius 2 is 1.29 bits per heavy atom. The molecule has 0 aliphatic carbocycles. The van der Waals surface area contributed by atoms with Gasteiger partial charge in [0.05, 0.1) is 6.61 Å². The topological polar surface area (TPSA) is 9.23 Å². The second-order valence-electron chi connectivity index (χ2n) is 8.23. The van der Waals surface area contributed by atoms with Crippen molar-refractivity contribution in [2.75, 3.05) is 6.61 Å². The summed E-state index contributed by atoms with van der Waals surface area (Å²) in [6.45, 7) is 5.33. The normalized spacial score (nSPS) is 12.1. The van der Waals surface area contributed by atoms with Gasteiger partial charge in [0, 0.05) is 5.92 Å². The molecule has 0 aliphatic rings. The van der Waals surface area contributed by atoms with Crippen LogP contribution < -0.4 is 0 Å². The maximum Gasteiger partial charge on any atom is 0.163 e. The maximum absolute atomic E-state index is 5.99.